The van der Waals surface area contributed by atoms with Crippen LogP contribution in [0.3, 0.4) is 0 Å². The quantitative estimate of drug-likeness (QED) is 0.756. The molecule has 0 bridgehead atoms. The topological polar surface area (TPSA) is 70.2 Å². The third-order valence-electron chi connectivity index (χ3n) is 4.46. The lowest BCUT2D eigenvalue weighted by molar-refractivity contribution is -0.118. The van der Waals surface area contributed by atoms with Crippen LogP contribution in [0.25, 0.3) is 22.0 Å². The van der Waals surface area contributed by atoms with Gasteiger partial charge in [0.15, 0.2) is 0 Å². The molecule has 1 fully saturated rings. The molecule has 0 radical (unpaired) electrons. The third kappa shape index (κ3) is 3.58. The maximum atomic E-state index is 13.3. The minimum Gasteiger partial charge on any atom is -0.379 e. The number of carbonyl (C=O) groups excluding carboxylic acids is 1. The molecule has 26 heavy (non-hydrogen) atoms. The summed E-state index contributed by atoms with van der Waals surface area (Å²) in [6, 6.07) is 8.31. The van der Waals surface area contributed by atoms with Crippen molar-refractivity contribution in [2.75, 3.05) is 38.2 Å². The number of nitrogens with zero attached hydrogens (tertiary/aromatic N) is 2. The predicted octanol–water partition coefficient (Wildman–Crippen LogP) is 2.64. The summed E-state index contributed by atoms with van der Waals surface area (Å²) >= 11 is 0. The number of halogens is 1. The van der Waals surface area contributed by atoms with Crippen LogP contribution in [0.5, 0.6) is 0 Å². The molecule has 3 heterocycles. The number of morpholine rings is 1. The van der Waals surface area contributed by atoms with E-state index in [4.69, 9.17) is 4.74 Å². The summed E-state index contributed by atoms with van der Waals surface area (Å²) < 4.78 is 18.6. The number of rotatable bonds is 4. The number of benzene rings is 1. The van der Waals surface area contributed by atoms with Gasteiger partial charge in [-0.2, -0.15) is 0 Å². The zero-order valence-corrected chi connectivity index (χ0v) is 14.2. The summed E-state index contributed by atoms with van der Waals surface area (Å²) in [7, 11) is 0. The summed E-state index contributed by atoms with van der Waals surface area (Å²) in [5.41, 5.74) is 2.58. The van der Waals surface area contributed by atoms with Crippen LogP contribution in [-0.2, 0) is 9.53 Å². The van der Waals surface area contributed by atoms with Gasteiger partial charge in [0.2, 0.25) is 5.91 Å². The monoisotopic (exact) mass is 354 g/mol. The highest BCUT2D eigenvalue weighted by molar-refractivity contribution is 5.96. The molecular weight excluding hydrogens is 335 g/mol. The molecule has 0 spiro atoms. The number of hydrogen-bond acceptors (Lipinski definition) is 4. The highest BCUT2D eigenvalue weighted by Crippen LogP contribution is 2.29. The Hall–Kier alpha value is -2.77. The fourth-order valence-corrected chi connectivity index (χ4v) is 3.11. The molecule has 7 heteroatoms. The van der Waals surface area contributed by atoms with Crippen LogP contribution in [-0.4, -0.2) is 53.6 Å². The molecule has 0 atom stereocenters. The summed E-state index contributed by atoms with van der Waals surface area (Å²) in [5, 5.41) is 3.74. The van der Waals surface area contributed by atoms with Crippen LogP contribution >= 0.6 is 0 Å². The number of fused-ring (bicyclic) bond motifs is 1. The van der Waals surface area contributed by atoms with E-state index in [2.05, 4.69) is 20.2 Å². The van der Waals surface area contributed by atoms with Gasteiger partial charge in [-0.3, -0.25) is 9.69 Å². The van der Waals surface area contributed by atoms with Gasteiger partial charge in [0, 0.05) is 47.5 Å². The van der Waals surface area contributed by atoms with Gasteiger partial charge in [0.05, 0.1) is 19.8 Å². The second-order valence-electron chi connectivity index (χ2n) is 6.26. The van der Waals surface area contributed by atoms with E-state index < -0.39 is 0 Å². The molecule has 0 aliphatic carbocycles. The summed E-state index contributed by atoms with van der Waals surface area (Å²) in [6.45, 7) is 3.19. The number of carbonyl (C=O) groups is 1. The molecule has 6 nitrogen and oxygen atoms in total. The van der Waals surface area contributed by atoms with Crippen LogP contribution < -0.4 is 5.32 Å². The second-order valence-corrected chi connectivity index (χ2v) is 6.26. The minimum absolute atomic E-state index is 0.0882. The first-order valence-electron chi connectivity index (χ1n) is 8.52. The number of nitrogens with one attached hydrogen (secondary N) is 2. The second kappa shape index (κ2) is 7.23. The number of H-pyrrole nitrogens is 1. The van der Waals surface area contributed by atoms with Crippen molar-refractivity contribution >= 4 is 22.6 Å². The Balaban J connectivity index is 1.45. The smallest absolute Gasteiger partial charge is 0.239 e. The Labute approximate surface area is 150 Å². The minimum atomic E-state index is -0.276. The van der Waals surface area contributed by atoms with Crippen molar-refractivity contribution < 1.29 is 13.9 Å². The normalized spacial score (nSPS) is 15.3. The fraction of sp³-hybridized carbons (Fsp3) is 0.263. The number of aromatic nitrogens is 2. The Bertz CT molecular complexity index is 917. The average Bonchev–Trinajstić information content (AvgIpc) is 3.06. The van der Waals surface area contributed by atoms with E-state index in [-0.39, 0.29) is 11.7 Å². The number of aromatic amines is 1. The van der Waals surface area contributed by atoms with Gasteiger partial charge in [-0.05, 0) is 30.3 Å². The van der Waals surface area contributed by atoms with Crippen molar-refractivity contribution in [3.05, 3.63) is 48.5 Å². The Kier molecular flexibility index (Phi) is 4.64. The van der Waals surface area contributed by atoms with Crippen LogP contribution in [0.4, 0.5) is 10.2 Å². The molecule has 0 saturated carbocycles. The first-order chi connectivity index (χ1) is 12.7. The largest absolute Gasteiger partial charge is 0.379 e. The molecule has 4 rings (SSSR count). The summed E-state index contributed by atoms with van der Waals surface area (Å²) in [6.07, 6.45) is 3.54. The van der Waals surface area contributed by atoms with Gasteiger partial charge in [0.25, 0.3) is 0 Å². The van der Waals surface area contributed by atoms with E-state index in [1.54, 1.807) is 18.3 Å². The van der Waals surface area contributed by atoms with Gasteiger partial charge in [-0.15, -0.1) is 0 Å². The van der Waals surface area contributed by atoms with Crippen molar-refractivity contribution in [2.24, 2.45) is 0 Å². The van der Waals surface area contributed by atoms with E-state index >= 15 is 0 Å². The lowest BCUT2D eigenvalue weighted by Gasteiger charge is -2.25. The SMILES string of the molecule is O=C(CN1CCOCC1)Nc1ccc(-c2c[nH]c3cc(F)ccc23)cn1. The van der Waals surface area contributed by atoms with Gasteiger partial charge in [0.1, 0.15) is 11.6 Å². The van der Waals surface area contributed by atoms with Gasteiger partial charge in [-0.25, -0.2) is 9.37 Å². The molecule has 2 aromatic heterocycles. The maximum absolute atomic E-state index is 13.3. The molecule has 0 unspecified atom stereocenters. The van der Waals surface area contributed by atoms with E-state index in [0.717, 1.165) is 35.1 Å². The number of pyridine rings is 1. The summed E-state index contributed by atoms with van der Waals surface area (Å²) in [4.78, 5) is 21.6. The van der Waals surface area contributed by atoms with Crippen LogP contribution in [0.15, 0.2) is 42.7 Å². The molecule has 2 N–H and O–H groups in total. The predicted molar refractivity (Wildman–Crippen MR) is 97.4 cm³/mol. The Morgan fingerprint density at radius 1 is 1.27 bits per heavy atom. The van der Waals surface area contributed by atoms with Crippen LogP contribution in [0.1, 0.15) is 0 Å². The van der Waals surface area contributed by atoms with Crippen molar-refractivity contribution in [1.29, 1.82) is 0 Å². The number of hydrogen-bond donors (Lipinski definition) is 2. The highest BCUT2D eigenvalue weighted by Gasteiger charge is 2.14. The molecule has 134 valence electrons. The first kappa shape index (κ1) is 16.7. The first-order valence-corrected chi connectivity index (χ1v) is 8.52. The Morgan fingerprint density at radius 2 is 2.12 bits per heavy atom. The Morgan fingerprint density at radius 3 is 2.88 bits per heavy atom. The average molecular weight is 354 g/mol. The molecule has 1 aliphatic heterocycles. The molecule has 1 amide bonds. The van der Waals surface area contributed by atoms with Crippen molar-refractivity contribution in [1.82, 2.24) is 14.9 Å². The van der Waals surface area contributed by atoms with E-state index in [1.165, 1.54) is 12.1 Å². The third-order valence-corrected chi connectivity index (χ3v) is 4.46. The molecule has 1 aliphatic rings. The zero-order chi connectivity index (χ0) is 17.9. The summed E-state index contributed by atoms with van der Waals surface area (Å²) in [5.74, 6) is 0.148. The molecular formula is C19H19FN4O2. The maximum Gasteiger partial charge on any atom is 0.239 e. The van der Waals surface area contributed by atoms with Gasteiger partial charge < -0.3 is 15.0 Å². The fourth-order valence-electron chi connectivity index (χ4n) is 3.11. The number of anilines is 1. The zero-order valence-electron chi connectivity index (χ0n) is 14.2. The standard InChI is InChI=1S/C19H19FN4O2/c20-14-2-3-15-16(11-21-17(15)9-14)13-1-4-18(22-10-13)23-19(25)12-24-5-7-26-8-6-24/h1-4,9-11,21H,5-8,12H2,(H,22,23,25). The van der Waals surface area contributed by atoms with E-state index in [1.807, 2.05) is 12.3 Å². The van der Waals surface area contributed by atoms with Crippen molar-refractivity contribution in [3.8, 4) is 11.1 Å². The highest BCUT2D eigenvalue weighted by atomic mass is 19.1. The van der Waals surface area contributed by atoms with Crippen LogP contribution in [0, 0.1) is 5.82 Å². The number of ether oxygens (including phenoxy) is 1. The van der Waals surface area contributed by atoms with Crippen molar-refractivity contribution in [2.45, 2.75) is 0 Å². The molecule has 1 saturated heterocycles. The van der Waals surface area contributed by atoms with Gasteiger partial charge >= 0.3 is 0 Å². The lowest BCUT2D eigenvalue weighted by atomic mass is 10.1. The van der Waals surface area contributed by atoms with Gasteiger partial charge in [-0.1, -0.05) is 0 Å². The van der Waals surface area contributed by atoms with E-state index in [0.29, 0.717) is 25.6 Å². The van der Waals surface area contributed by atoms with E-state index in [9.17, 15) is 9.18 Å². The van der Waals surface area contributed by atoms with Crippen molar-refractivity contribution in [3.63, 3.8) is 0 Å². The number of amides is 1. The lowest BCUT2D eigenvalue weighted by Crippen LogP contribution is -2.41. The van der Waals surface area contributed by atoms with Crippen LogP contribution in [0.2, 0.25) is 0 Å². The molecule has 1 aromatic carbocycles. The molecule has 3 aromatic rings.